The third kappa shape index (κ3) is 4.62. The molecule has 1 N–H and O–H groups in total. The first-order valence-corrected chi connectivity index (χ1v) is 7.49. The monoisotopic (exact) mass is 437 g/mol. The summed E-state index contributed by atoms with van der Waals surface area (Å²) in [5.74, 6) is -11.8. The third-order valence-electron chi connectivity index (χ3n) is 3.63. The molecular weight excluding hydrogens is 428 g/mol. The van der Waals surface area contributed by atoms with Gasteiger partial charge in [-0.1, -0.05) is 0 Å². The van der Waals surface area contributed by atoms with Crippen LogP contribution in [0.4, 0.5) is 49.6 Å². The fourth-order valence-electron chi connectivity index (χ4n) is 2.27. The highest BCUT2D eigenvalue weighted by molar-refractivity contribution is 5.91. The summed E-state index contributed by atoms with van der Waals surface area (Å²) in [5, 5.41) is 4.55. The summed E-state index contributed by atoms with van der Waals surface area (Å²) in [6.07, 6.45) is -11.3. The van der Waals surface area contributed by atoms with E-state index in [4.69, 9.17) is 0 Å². The van der Waals surface area contributed by atoms with E-state index in [9.17, 15) is 48.7 Å². The molecule has 4 nitrogen and oxygen atoms in total. The van der Waals surface area contributed by atoms with E-state index in [2.05, 4.69) is 5.10 Å². The number of aryl methyl sites for hydroxylation is 2. The third-order valence-corrected chi connectivity index (χ3v) is 3.63. The van der Waals surface area contributed by atoms with Crippen molar-refractivity contribution in [2.45, 2.75) is 32.2 Å². The quantitative estimate of drug-likeness (QED) is 0.551. The molecule has 1 aromatic carbocycles. The standard InChI is InChI=1S/C15H9F10N3O/c1-5-4-6(14(20,21)22)27-28(5)3-2-7(29)26-13-11(18)9(16)8(15(23,24)25)10(17)12(13)19/h4H,2-3H2,1H3,(H,26,29). The second-order valence-corrected chi connectivity index (χ2v) is 5.69. The fourth-order valence-corrected chi connectivity index (χ4v) is 2.27. The Morgan fingerprint density at radius 1 is 0.966 bits per heavy atom. The van der Waals surface area contributed by atoms with E-state index < -0.39 is 71.4 Å². The van der Waals surface area contributed by atoms with Crippen molar-refractivity contribution in [1.29, 1.82) is 0 Å². The molecule has 1 heterocycles. The number of carbonyl (C=O) groups excluding carboxylic acids is 1. The van der Waals surface area contributed by atoms with Gasteiger partial charge in [0.05, 0.1) is 0 Å². The van der Waals surface area contributed by atoms with Gasteiger partial charge in [0.2, 0.25) is 5.91 Å². The zero-order valence-corrected chi connectivity index (χ0v) is 14.1. The van der Waals surface area contributed by atoms with Crippen LogP contribution in [0.2, 0.25) is 0 Å². The number of anilines is 1. The number of carbonyl (C=O) groups is 1. The maximum Gasteiger partial charge on any atom is 0.435 e. The van der Waals surface area contributed by atoms with E-state index in [0.717, 1.165) is 4.68 Å². The van der Waals surface area contributed by atoms with Gasteiger partial charge in [-0.15, -0.1) is 0 Å². The van der Waals surface area contributed by atoms with Crippen molar-refractivity contribution in [3.63, 3.8) is 0 Å². The number of benzene rings is 1. The molecule has 0 saturated heterocycles. The predicted octanol–water partition coefficient (Wildman–Crippen LogP) is 4.81. The predicted molar refractivity (Wildman–Crippen MR) is 76.5 cm³/mol. The molecule has 0 aliphatic rings. The smallest absolute Gasteiger partial charge is 0.321 e. The number of hydrogen-bond donors (Lipinski definition) is 1. The van der Waals surface area contributed by atoms with Crippen LogP contribution in [-0.4, -0.2) is 15.7 Å². The molecule has 0 unspecified atom stereocenters. The van der Waals surface area contributed by atoms with Crippen LogP contribution in [0.25, 0.3) is 0 Å². The Hall–Kier alpha value is -2.80. The molecule has 14 heteroatoms. The van der Waals surface area contributed by atoms with Crippen LogP contribution in [0.3, 0.4) is 0 Å². The molecule has 0 fully saturated rings. The lowest BCUT2D eigenvalue weighted by atomic mass is 10.1. The maximum atomic E-state index is 13.7. The van der Waals surface area contributed by atoms with Gasteiger partial charge in [-0.25, -0.2) is 17.6 Å². The molecule has 0 aliphatic heterocycles. The Kier molecular flexibility index (Phi) is 5.86. The van der Waals surface area contributed by atoms with Gasteiger partial charge >= 0.3 is 12.4 Å². The molecule has 160 valence electrons. The van der Waals surface area contributed by atoms with Gasteiger partial charge in [-0.2, -0.15) is 31.4 Å². The number of aromatic nitrogens is 2. The molecule has 1 amide bonds. The largest absolute Gasteiger partial charge is 0.435 e. The van der Waals surface area contributed by atoms with Crippen LogP contribution in [0.1, 0.15) is 23.4 Å². The maximum absolute atomic E-state index is 13.7. The second-order valence-electron chi connectivity index (χ2n) is 5.69. The first-order chi connectivity index (χ1) is 13.1. The summed E-state index contributed by atoms with van der Waals surface area (Å²) in [5.41, 5.74) is -5.89. The molecule has 29 heavy (non-hydrogen) atoms. The Bertz CT molecular complexity index is 916. The van der Waals surface area contributed by atoms with Crippen molar-refractivity contribution >= 4 is 11.6 Å². The van der Waals surface area contributed by atoms with Crippen LogP contribution >= 0.6 is 0 Å². The van der Waals surface area contributed by atoms with Gasteiger partial charge in [0.1, 0.15) is 11.3 Å². The van der Waals surface area contributed by atoms with Crippen LogP contribution < -0.4 is 5.32 Å². The number of amides is 1. The minimum absolute atomic E-state index is 0.0193. The van der Waals surface area contributed by atoms with Crippen LogP contribution in [0, 0.1) is 30.2 Å². The van der Waals surface area contributed by atoms with Crippen LogP contribution in [0.15, 0.2) is 6.07 Å². The molecule has 0 spiro atoms. The lowest BCUT2D eigenvalue weighted by molar-refractivity contribution is -0.143. The van der Waals surface area contributed by atoms with Crippen molar-refractivity contribution in [3.8, 4) is 0 Å². The van der Waals surface area contributed by atoms with Gasteiger partial charge < -0.3 is 5.32 Å². The summed E-state index contributed by atoms with van der Waals surface area (Å²) < 4.78 is 130. The Labute approximate surface area is 155 Å². The van der Waals surface area contributed by atoms with Gasteiger partial charge in [-0.05, 0) is 13.0 Å². The highest BCUT2D eigenvalue weighted by Gasteiger charge is 2.42. The number of rotatable bonds is 4. The fraction of sp³-hybridized carbons (Fsp3) is 0.333. The average Bonchev–Trinajstić information content (AvgIpc) is 2.95. The summed E-state index contributed by atoms with van der Waals surface area (Å²) in [7, 11) is 0. The van der Waals surface area contributed by atoms with Crippen molar-refractivity contribution in [2.75, 3.05) is 5.32 Å². The molecule has 0 aliphatic carbocycles. The van der Waals surface area contributed by atoms with Crippen molar-refractivity contribution in [2.24, 2.45) is 0 Å². The first kappa shape index (κ1) is 22.5. The van der Waals surface area contributed by atoms with Crippen molar-refractivity contribution in [3.05, 3.63) is 46.3 Å². The zero-order chi connectivity index (χ0) is 22.3. The summed E-state index contributed by atoms with van der Waals surface area (Å²) in [6.45, 7) is 0.697. The van der Waals surface area contributed by atoms with E-state index >= 15 is 0 Å². The van der Waals surface area contributed by atoms with E-state index in [0.29, 0.717) is 6.07 Å². The molecule has 0 radical (unpaired) electrons. The molecule has 2 rings (SSSR count). The van der Waals surface area contributed by atoms with Gasteiger partial charge in [0.25, 0.3) is 0 Å². The molecular formula is C15H9F10N3O. The minimum Gasteiger partial charge on any atom is -0.321 e. The first-order valence-electron chi connectivity index (χ1n) is 7.49. The van der Waals surface area contributed by atoms with Crippen molar-refractivity contribution in [1.82, 2.24) is 9.78 Å². The Balaban J connectivity index is 2.21. The van der Waals surface area contributed by atoms with Gasteiger partial charge in [0.15, 0.2) is 29.0 Å². The summed E-state index contributed by atoms with van der Waals surface area (Å²) in [4.78, 5) is 11.7. The number of halogens is 10. The van der Waals surface area contributed by atoms with Crippen LogP contribution in [0.5, 0.6) is 0 Å². The molecule has 2 aromatic rings. The topological polar surface area (TPSA) is 46.9 Å². The number of alkyl halides is 6. The Morgan fingerprint density at radius 2 is 1.48 bits per heavy atom. The van der Waals surface area contributed by atoms with E-state index in [1.165, 1.54) is 12.2 Å². The van der Waals surface area contributed by atoms with E-state index in [1.807, 2.05) is 0 Å². The van der Waals surface area contributed by atoms with Crippen molar-refractivity contribution < 1.29 is 48.7 Å². The lowest BCUT2D eigenvalue weighted by Crippen LogP contribution is -2.21. The number of nitrogens with one attached hydrogen (secondary N) is 1. The second kappa shape index (κ2) is 7.55. The SMILES string of the molecule is Cc1cc(C(F)(F)F)nn1CCC(=O)Nc1c(F)c(F)c(C(F)(F)F)c(F)c1F. The summed E-state index contributed by atoms with van der Waals surface area (Å²) in [6, 6.07) is 0.665. The number of nitrogens with zero attached hydrogens (tertiary/aromatic N) is 2. The Morgan fingerprint density at radius 3 is 1.90 bits per heavy atom. The van der Waals surface area contributed by atoms with Gasteiger partial charge in [-0.3, -0.25) is 9.48 Å². The molecule has 0 atom stereocenters. The zero-order valence-electron chi connectivity index (χ0n) is 14.1. The highest BCUT2D eigenvalue weighted by Crippen LogP contribution is 2.38. The molecule has 1 aromatic heterocycles. The average molecular weight is 437 g/mol. The van der Waals surface area contributed by atoms with E-state index in [-0.39, 0.29) is 5.69 Å². The minimum atomic E-state index is -5.74. The summed E-state index contributed by atoms with van der Waals surface area (Å²) >= 11 is 0. The molecule has 0 bridgehead atoms. The van der Waals surface area contributed by atoms with E-state index in [1.54, 1.807) is 0 Å². The highest BCUT2D eigenvalue weighted by atomic mass is 19.4. The molecule has 0 saturated carbocycles. The lowest BCUT2D eigenvalue weighted by Gasteiger charge is -2.14. The number of hydrogen-bond acceptors (Lipinski definition) is 2. The van der Waals surface area contributed by atoms with Crippen LogP contribution in [-0.2, 0) is 23.7 Å². The van der Waals surface area contributed by atoms with Gasteiger partial charge in [0, 0.05) is 18.7 Å². The normalized spacial score (nSPS) is 12.4.